The fraction of sp³-hybridized carbons (Fsp3) is 0.381. The summed E-state index contributed by atoms with van der Waals surface area (Å²) in [5.74, 6) is 0.255. The van der Waals surface area contributed by atoms with Crippen molar-refractivity contribution in [1.29, 1.82) is 15.8 Å². The van der Waals surface area contributed by atoms with Crippen molar-refractivity contribution in [2.24, 2.45) is 17.1 Å². The van der Waals surface area contributed by atoms with Gasteiger partial charge in [0.15, 0.2) is 5.41 Å². The second-order valence-electron chi connectivity index (χ2n) is 7.00. The van der Waals surface area contributed by atoms with E-state index in [4.69, 9.17) is 15.2 Å². The fourth-order valence-corrected chi connectivity index (χ4v) is 4.25. The van der Waals surface area contributed by atoms with E-state index in [1.807, 2.05) is 13.1 Å². The summed E-state index contributed by atoms with van der Waals surface area (Å²) in [5, 5.41) is 29.9. The molecule has 7 heteroatoms. The van der Waals surface area contributed by atoms with Crippen LogP contribution in [-0.2, 0) is 0 Å². The Morgan fingerprint density at radius 2 is 1.89 bits per heavy atom. The maximum absolute atomic E-state index is 10.1. The summed E-state index contributed by atoms with van der Waals surface area (Å²) in [4.78, 5) is 2.09. The van der Waals surface area contributed by atoms with Crippen LogP contribution in [0.5, 0.6) is 11.5 Å². The summed E-state index contributed by atoms with van der Waals surface area (Å²) in [6, 6.07) is 11.7. The molecule has 0 saturated heterocycles. The van der Waals surface area contributed by atoms with E-state index >= 15 is 0 Å². The molecule has 0 amide bonds. The highest BCUT2D eigenvalue weighted by molar-refractivity contribution is 5.61. The van der Waals surface area contributed by atoms with E-state index in [-0.39, 0.29) is 17.2 Å². The highest BCUT2D eigenvalue weighted by Gasteiger charge is 2.55. The van der Waals surface area contributed by atoms with Gasteiger partial charge in [-0.1, -0.05) is 6.08 Å². The van der Waals surface area contributed by atoms with Crippen molar-refractivity contribution in [2.75, 3.05) is 34.4 Å². The third-order valence-electron chi connectivity index (χ3n) is 5.62. The van der Waals surface area contributed by atoms with Crippen molar-refractivity contribution in [1.82, 2.24) is 4.90 Å². The van der Waals surface area contributed by atoms with Gasteiger partial charge in [0.1, 0.15) is 17.6 Å². The number of allylic oxidation sites excluding steroid dienone is 2. The number of rotatable bonds is 3. The summed E-state index contributed by atoms with van der Waals surface area (Å²) < 4.78 is 10.9. The molecule has 28 heavy (non-hydrogen) atoms. The standard InChI is InChI=1S/C21H21N5O2/c1-26-7-6-14-16(9-22)20(25)21(11-23,12-24)19(17(14)10-26)15-8-13(27-2)4-5-18(15)28-3/h4-6,8,17,19H,7,10,25H2,1-3H3/t17-,19+/m1/s1. The van der Waals surface area contributed by atoms with E-state index < -0.39 is 11.3 Å². The Hall–Kier alpha value is -3.47. The molecule has 0 bridgehead atoms. The quantitative estimate of drug-likeness (QED) is 0.858. The van der Waals surface area contributed by atoms with Gasteiger partial charge in [-0.3, -0.25) is 0 Å². The summed E-state index contributed by atoms with van der Waals surface area (Å²) in [6.45, 7) is 1.25. The first-order valence-electron chi connectivity index (χ1n) is 8.81. The minimum absolute atomic E-state index is 0.00178. The van der Waals surface area contributed by atoms with Crippen molar-refractivity contribution < 1.29 is 9.47 Å². The molecule has 0 spiro atoms. The van der Waals surface area contributed by atoms with Gasteiger partial charge in [0, 0.05) is 30.5 Å². The highest BCUT2D eigenvalue weighted by atomic mass is 16.5. The van der Waals surface area contributed by atoms with Crippen LogP contribution >= 0.6 is 0 Å². The summed E-state index contributed by atoms with van der Waals surface area (Å²) in [7, 11) is 5.05. The van der Waals surface area contributed by atoms with E-state index in [0.717, 1.165) is 5.57 Å². The zero-order valence-electron chi connectivity index (χ0n) is 16.1. The number of fused-ring (bicyclic) bond motifs is 1. The molecule has 1 aromatic rings. The molecule has 0 unspecified atom stereocenters. The Balaban J connectivity index is 2.38. The van der Waals surface area contributed by atoms with Crippen molar-refractivity contribution in [2.45, 2.75) is 5.92 Å². The molecule has 2 atom stereocenters. The smallest absolute Gasteiger partial charge is 0.191 e. The second kappa shape index (κ2) is 7.27. The lowest BCUT2D eigenvalue weighted by Crippen LogP contribution is -2.47. The average molecular weight is 375 g/mol. The Morgan fingerprint density at radius 1 is 1.18 bits per heavy atom. The van der Waals surface area contributed by atoms with E-state index in [2.05, 4.69) is 23.1 Å². The predicted octanol–water partition coefficient (Wildman–Crippen LogP) is 2.06. The Morgan fingerprint density at radius 3 is 2.46 bits per heavy atom. The van der Waals surface area contributed by atoms with Gasteiger partial charge < -0.3 is 20.1 Å². The van der Waals surface area contributed by atoms with Gasteiger partial charge in [0.05, 0.1) is 37.6 Å². The van der Waals surface area contributed by atoms with Crippen LogP contribution < -0.4 is 15.2 Å². The van der Waals surface area contributed by atoms with E-state index in [0.29, 0.717) is 30.2 Å². The van der Waals surface area contributed by atoms with Gasteiger partial charge in [0.2, 0.25) is 0 Å². The number of nitrogens with zero attached hydrogens (tertiary/aromatic N) is 4. The third kappa shape index (κ3) is 2.67. The summed E-state index contributed by atoms with van der Waals surface area (Å²) in [6.07, 6.45) is 1.96. The van der Waals surface area contributed by atoms with Crippen molar-refractivity contribution in [3.63, 3.8) is 0 Å². The van der Waals surface area contributed by atoms with E-state index in [1.165, 1.54) is 7.11 Å². The number of hydrogen-bond acceptors (Lipinski definition) is 7. The van der Waals surface area contributed by atoms with Crippen molar-refractivity contribution in [3.8, 4) is 29.7 Å². The number of ether oxygens (including phenoxy) is 2. The first-order chi connectivity index (χ1) is 13.5. The SMILES string of the molecule is COc1ccc(OC)c([C@H]2[C@@H]3CN(C)CC=C3C(C#N)=C(N)C2(C#N)C#N)c1. The molecule has 7 nitrogen and oxygen atoms in total. The number of likely N-dealkylation sites (N-methyl/N-ethyl adjacent to an activating group) is 1. The Kier molecular flexibility index (Phi) is 5.01. The molecule has 0 saturated carbocycles. The lowest BCUT2D eigenvalue weighted by atomic mass is 9.58. The highest BCUT2D eigenvalue weighted by Crippen LogP contribution is 2.56. The topological polar surface area (TPSA) is 119 Å². The van der Waals surface area contributed by atoms with Gasteiger partial charge in [-0.25, -0.2) is 0 Å². The van der Waals surface area contributed by atoms with Crippen molar-refractivity contribution >= 4 is 0 Å². The minimum atomic E-state index is -1.69. The van der Waals surface area contributed by atoms with Gasteiger partial charge in [-0.15, -0.1) is 0 Å². The van der Waals surface area contributed by atoms with Crippen LogP contribution in [0.25, 0.3) is 0 Å². The third-order valence-corrected chi connectivity index (χ3v) is 5.62. The summed E-state index contributed by atoms with van der Waals surface area (Å²) in [5.41, 5.74) is 6.30. The molecule has 3 rings (SSSR count). The van der Waals surface area contributed by atoms with Crippen LogP contribution in [0.4, 0.5) is 0 Å². The number of methoxy groups -OCH3 is 2. The zero-order valence-corrected chi connectivity index (χ0v) is 16.1. The lowest BCUT2D eigenvalue weighted by molar-refractivity contribution is 0.234. The molecule has 0 radical (unpaired) electrons. The van der Waals surface area contributed by atoms with Crippen LogP contribution in [0.1, 0.15) is 11.5 Å². The first kappa shape index (κ1) is 19.3. The molecule has 1 aliphatic carbocycles. The van der Waals surface area contributed by atoms with E-state index in [9.17, 15) is 15.8 Å². The van der Waals surface area contributed by atoms with Crippen LogP contribution in [0.3, 0.4) is 0 Å². The Bertz CT molecular complexity index is 976. The number of nitrogens with two attached hydrogens (primary N) is 1. The fourth-order valence-electron chi connectivity index (χ4n) is 4.25. The molecule has 0 fully saturated rings. The maximum atomic E-state index is 10.1. The van der Waals surface area contributed by atoms with Gasteiger partial charge in [-0.2, -0.15) is 15.8 Å². The van der Waals surface area contributed by atoms with Gasteiger partial charge >= 0.3 is 0 Å². The molecule has 1 heterocycles. The first-order valence-corrected chi connectivity index (χ1v) is 8.81. The maximum Gasteiger partial charge on any atom is 0.191 e. The van der Waals surface area contributed by atoms with Gasteiger partial charge in [0.25, 0.3) is 0 Å². The summed E-state index contributed by atoms with van der Waals surface area (Å²) >= 11 is 0. The molecule has 0 aromatic heterocycles. The normalized spacial score (nSPS) is 23.5. The van der Waals surface area contributed by atoms with Gasteiger partial charge in [-0.05, 0) is 30.8 Å². The predicted molar refractivity (Wildman–Crippen MR) is 102 cm³/mol. The molecule has 2 aliphatic rings. The van der Waals surface area contributed by atoms with Crippen LogP contribution in [0.15, 0.2) is 41.1 Å². The number of hydrogen-bond donors (Lipinski definition) is 1. The van der Waals surface area contributed by atoms with Crippen molar-refractivity contribution in [3.05, 3.63) is 46.7 Å². The molecule has 142 valence electrons. The van der Waals surface area contributed by atoms with Crippen LogP contribution in [-0.4, -0.2) is 39.3 Å². The second-order valence-corrected chi connectivity index (χ2v) is 7.00. The van der Waals surface area contributed by atoms with Crippen LogP contribution in [0.2, 0.25) is 0 Å². The molecular formula is C21H21N5O2. The number of nitriles is 3. The zero-order chi connectivity index (χ0) is 20.5. The molecule has 2 N–H and O–H groups in total. The minimum Gasteiger partial charge on any atom is -0.497 e. The lowest BCUT2D eigenvalue weighted by Gasteiger charge is -2.45. The molecular weight excluding hydrogens is 354 g/mol. The van der Waals surface area contributed by atoms with E-state index in [1.54, 1.807) is 25.3 Å². The average Bonchev–Trinajstić information content (AvgIpc) is 2.72. The molecule has 1 aromatic carbocycles. The molecule has 1 aliphatic heterocycles. The monoisotopic (exact) mass is 375 g/mol. The largest absolute Gasteiger partial charge is 0.497 e. The number of benzene rings is 1. The van der Waals surface area contributed by atoms with Crippen LogP contribution in [0, 0.1) is 45.3 Å². The Labute approximate surface area is 164 Å².